The van der Waals surface area contributed by atoms with E-state index in [0.29, 0.717) is 13.0 Å². The summed E-state index contributed by atoms with van der Waals surface area (Å²) in [6.45, 7) is 3.97. The van der Waals surface area contributed by atoms with Crippen LogP contribution in [0.5, 0.6) is 0 Å². The van der Waals surface area contributed by atoms with Crippen LogP contribution in [0.2, 0.25) is 0 Å². The van der Waals surface area contributed by atoms with Crippen LogP contribution in [0.25, 0.3) is 0 Å². The summed E-state index contributed by atoms with van der Waals surface area (Å²) in [6, 6.07) is 0. The first-order valence-electron chi connectivity index (χ1n) is 5.67. The van der Waals surface area contributed by atoms with Gasteiger partial charge in [-0.3, -0.25) is 9.59 Å². The van der Waals surface area contributed by atoms with Gasteiger partial charge < -0.3 is 10.4 Å². The number of carboxylic acid groups (broad SMARTS) is 1. The highest BCUT2D eigenvalue weighted by Crippen LogP contribution is 2.43. The van der Waals surface area contributed by atoms with Crippen molar-refractivity contribution in [2.45, 2.75) is 38.5 Å². The Labute approximate surface area is 95.7 Å². The fourth-order valence-corrected chi connectivity index (χ4v) is 2.45. The van der Waals surface area contributed by atoms with Crippen LogP contribution in [0.1, 0.15) is 38.5 Å². The molecule has 0 unspecified atom stereocenters. The Hall–Kier alpha value is -1.32. The van der Waals surface area contributed by atoms with Gasteiger partial charge in [-0.05, 0) is 18.3 Å². The molecule has 0 atom stereocenters. The number of nitrogens with one attached hydrogen (secondary N) is 1. The van der Waals surface area contributed by atoms with E-state index in [4.69, 9.17) is 5.11 Å². The fourth-order valence-electron chi connectivity index (χ4n) is 2.45. The lowest BCUT2D eigenvalue weighted by Gasteiger charge is -2.26. The molecule has 0 radical (unpaired) electrons. The number of aliphatic carboxylic acids is 1. The Bertz CT molecular complexity index is 280. The maximum absolute atomic E-state index is 11.6. The Kier molecular flexibility index (Phi) is 4.52. The highest BCUT2D eigenvalue weighted by Gasteiger charge is 2.37. The second-order valence-corrected chi connectivity index (χ2v) is 4.55. The van der Waals surface area contributed by atoms with E-state index in [9.17, 15) is 9.59 Å². The first-order chi connectivity index (χ1) is 7.58. The molecule has 0 aromatic rings. The molecule has 1 fully saturated rings. The van der Waals surface area contributed by atoms with E-state index in [1.807, 2.05) is 0 Å². The lowest BCUT2D eigenvalue weighted by atomic mass is 9.79. The summed E-state index contributed by atoms with van der Waals surface area (Å²) in [5.41, 5.74) is -0.308. The highest BCUT2D eigenvalue weighted by atomic mass is 16.4. The minimum atomic E-state index is -0.807. The molecule has 4 heteroatoms. The molecule has 16 heavy (non-hydrogen) atoms. The summed E-state index contributed by atoms with van der Waals surface area (Å²) in [4.78, 5) is 22.4. The summed E-state index contributed by atoms with van der Waals surface area (Å²) in [5, 5.41) is 11.6. The van der Waals surface area contributed by atoms with E-state index in [2.05, 4.69) is 11.9 Å². The van der Waals surface area contributed by atoms with Crippen molar-refractivity contribution in [1.82, 2.24) is 5.32 Å². The second-order valence-electron chi connectivity index (χ2n) is 4.55. The van der Waals surface area contributed by atoms with Crippen molar-refractivity contribution in [2.75, 3.05) is 6.54 Å². The van der Waals surface area contributed by atoms with Crippen LogP contribution in [0.4, 0.5) is 0 Å². The molecule has 1 aliphatic rings. The maximum Gasteiger partial charge on any atom is 0.303 e. The largest absolute Gasteiger partial charge is 0.481 e. The molecule has 0 spiro atoms. The zero-order valence-electron chi connectivity index (χ0n) is 9.50. The first-order valence-corrected chi connectivity index (χ1v) is 5.67. The molecular formula is C12H19NO3. The summed E-state index contributed by atoms with van der Waals surface area (Å²) >= 11 is 0. The average molecular weight is 225 g/mol. The quantitative estimate of drug-likeness (QED) is 0.676. The minimum Gasteiger partial charge on any atom is -0.481 e. The van der Waals surface area contributed by atoms with Crippen LogP contribution >= 0.6 is 0 Å². The van der Waals surface area contributed by atoms with E-state index >= 15 is 0 Å². The number of amides is 1. The predicted octanol–water partition coefficient (Wildman–Crippen LogP) is 1.71. The molecule has 1 aliphatic carbocycles. The lowest BCUT2D eigenvalue weighted by Crippen LogP contribution is -2.32. The average Bonchev–Trinajstić information content (AvgIpc) is 2.62. The van der Waals surface area contributed by atoms with Crippen molar-refractivity contribution < 1.29 is 14.7 Å². The van der Waals surface area contributed by atoms with Crippen molar-refractivity contribution in [2.24, 2.45) is 5.41 Å². The van der Waals surface area contributed by atoms with Gasteiger partial charge >= 0.3 is 5.97 Å². The molecule has 1 rings (SSSR count). The van der Waals surface area contributed by atoms with Gasteiger partial charge in [-0.1, -0.05) is 18.9 Å². The zero-order valence-corrected chi connectivity index (χ0v) is 9.50. The fraction of sp³-hybridized carbons (Fsp3) is 0.667. The molecular weight excluding hydrogens is 206 g/mol. The van der Waals surface area contributed by atoms with Gasteiger partial charge in [0.05, 0.1) is 6.42 Å². The molecule has 2 N–H and O–H groups in total. The Morgan fingerprint density at radius 3 is 2.44 bits per heavy atom. The second kappa shape index (κ2) is 5.68. The standard InChI is InChI=1S/C12H19NO3/c1-2-7-13-10(14)8-12(9-11(15)16)5-3-4-6-12/h2H,1,3-9H2,(H,13,14)(H,15,16). The van der Waals surface area contributed by atoms with Gasteiger partial charge in [0.1, 0.15) is 0 Å². The number of carbonyl (C=O) groups is 2. The Balaban J connectivity index is 2.53. The van der Waals surface area contributed by atoms with Gasteiger partial charge in [0.2, 0.25) is 5.91 Å². The number of hydrogen-bond acceptors (Lipinski definition) is 2. The third-order valence-corrected chi connectivity index (χ3v) is 3.17. The van der Waals surface area contributed by atoms with E-state index < -0.39 is 5.97 Å². The molecule has 1 amide bonds. The van der Waals surface area contributed by atoms with Gasteiger partial charge in [-0.25, -0.2) is 0 Å². The number of carbonyl (C=O) groups excluding carboxylic acids is 1. The summed E-state index contributed by atoms with van der Waals surface area (Å²) in [7, 11) is 0. The van der Waals surface area contributed by atoms with Crippen molar-refractivity contribution >= 4 is 11.9 Å². The van der Waals surface area contributed by atoms with Crippen LogP contribution in [-0.4, -0.2) is 23.5 Å². The highest BCUT2D eigenvalue weighted by molar-refractivity contribution is 5.78. The van der Waals surface area contributed by atoms with Crippen molar-refractivity contribution in [3.8, 4) is 0 Å². The summed E-state index contributed by atoms with van der Waals surface area (Å²) in [5.74, 6) is -0.874. The molecule has 1 saturated carbocycles. The van der Waals surface area contributed by atoms with E-state index in [0.717, 1.165) is 25.7 Å². The molecule has 0 saturated heterocycles. The Morgan fingerprint density at radius 1 is 1.31 bits per heavy atom. The van der Waals surface area contributed by atoms with Crippen LogP contribution in [0, 0.1) is 5.41 Å². The zero-order chi connectivity index (χ0) is 12.0. The van der Waals surface area contributed by atoms with E-state index in [1.165, 1.54) is 0 Å². The van der Waals surface area contributed by atoms with Crippen molar-refractivity contribution in [3.05, 3.63) is 12.7 Å². The van der Waals surface area contributed by atoms with Crippen LogP contribution in [0.15, 0.2) is 12.7 Å². The molecule has 0 aliphatic heterocycles. The van der Waals surface area contributed by atoms with Gasteiger partial charge in [-0.15, -0.1) is 6.58 Å². The Morgan fingerprint density at radius 2 is 1.94 bits per heavy atom. The topological polar surface area (TPSA) is 66.4 Å². The van der Waals surface area contributed by atoms with Crippen molar-refractivity contribution in [1.29, 1.82) is 0 Å². The maximum atomic E-state index is 11.6. The van der Waals surface area contributed by atoms with Gasteiger partial charge in [-0.2, -0.15) is 0 Å². The predicted molar refractivity (Wildman–Crippen MR) is 61.0 cm³/mol. The van der Waals surface area contributed by atoms with Crippen LogP contribution in [-0.2, 0) is 9.59 Å². The normalized spacial score (nSPS) is 18.0. The monoisotopic (exact) mass is 225 g/mol. The molecule has 4 nitrogen and oxygen atoms in total. The van der Waals surface area contributed by atoms with Gasteiger partial charge in [0.25, 0.3) is 0 Å². The van der Waals surface area contributed by atoms with Gasteiger partial charge in [0, 0.05) is 13.0 Å². The third kappa shape index (κ3) is 3.68. The van der Waals surface area contributed by atoms with Gasteiger partial charge in [0.15, 0.2) is 0 Å². The van der Waals surface area contributed by atoms with E-state index in [1.54, 1.807) is 6.08 Å². The summed E-state index contributed by atoms with van der Waals surface area (Å²) < 4.78 is 0. The SMILES string of the molecule is C=CCNC(=O)CC1(CC(=O)O)CCCC1. The molecule has 90 valence electrons. The number of carboxylic acids is 1. The third-order valence-electron chi connectivity index (χ3n) is 3.17. The molecule has 0 bridgehead atoms. The number of rotatable bonds is 6. The minimum absolute atomic E-state index is 0.0666. The molecule has 0 heterocycles. The molecule has 0 aromatic carbocycles. The summed E-state index contributed by atoms with van der Waals surface area (Å²) in [6.07, 6.45) is 5.81. The first kappa shape index (κ1) is 12.7. The lowest BCUT2D eigenvalue weighted by molar-refractivity contribution is -0.140. The van der Waals surface area contributed by atoms with Crippen LogP contribution in [0.3, 0.4) is 0 Å². The molecule has 0 aromatic heterocycles. The van der Waals surface area contributed by atoms with Crippen molar-refractivity contribution in [3.63, 3.8) is 0 Å². The van der Waals surface area contributed by atoms with Crippen LogP contribution < -0.4 is 5.32 Å². The van der Waals surface area contributed by atoms with E-state index in [-0.39, 0.29) is 17.7 Å². The number of hydrogen-bond donors (Lipinski definition) is 2. The smallest absolute Gasteiger partial charge is 0.303 e.